The van der Waals surface area contributed by atoms with E-state index >= 15 is 0 Å². The maximum Gasteiger partial charge on any atom is 0.352 e. The number of morpholine rings is 1. The molecule has 0 radical (unpaired) electrons. The number of rotatable bonds is 4. The Morgan fingerprint density at radius 2 is 2.25 bits per heavy atom. The summed E-state index contributed by atoms with van der Waals surface area (Å²) in [6.45, 7) is 4.88. The normalized spacial score (nSPS) is 21.0. The maximum absolute atomic E-state index is 12.5. The summed E-state index contributed by atoms with van der Waals surface area (Å²) in [4.78, 5) is 11.1. The van der Waals surface area contributed by atoms with Crippen LogP contribution in [0.1, 0.15) is 24.3 Å². The van der Waals surface area contributed by atoms with Crippen molar-refractivity contribution in [2.24, 2.45) is 0 Å². The Kier molecular flexibility index (Phi) is 4.17. The molecule has 0 bridgehead atoms. The van der Waals surface area contributed by atoms with E-state index in [1.165, 1.54) is 21.1 Å². The Hall–Kier alpha value is -1.38. The smallest absolute Gasteiger partial charge is 0.352 e. The summed E-state index contributed by atoms with van der Waals surface area (Å²) in [6.07, 6.45) is 1.21. The van der Waals surface area contributed by atoms with Gasteiger partial charge in [0.25, 0.3) is 0 Å². The summed E-state index contributed by atoms with van der Waals surface area (Å²) in [5.74, 6) is -1.14. The Morgan fingerprint density at radius 3 is 2.75 bits per heavy atom. The lowest BCUT2D eigenvalue weighted by molar-refractivity contribution is 0.0102. The quantitative estimate of drug-likeness (QED) is 0.880. The Labute approximate surface area is 117 Å². The molecule has 1 aromatic heterocycles. The van der Waals surface area contributed by atoms with Gasteiger partial charge in [-0.05, 0) is 19.9 Å². The van der Waals surface area contributed by atoms with E-state index in [0.29, 0.717) is 13.2 Å². The molecule has 0 aromatic carbocycles. The summed E-state index contributed by atoms with van der Waals surface area (Å²) in [6, 6.07) is 1.21. The van der Waals surface area contributed by atoms with Crippen LogP contribution in [-0.4, -0.2) is 54.2 Å². The number of ether oxygens (including phenoxy) is 1. The molecule has 1 saturated heterocycles. The van der Waals surface area contributed by atoms with Gasteiger partial charge in [0.1, 0.15) is 10.6 Å². The van der Waals surface area contributed by atoms with Crippen molar-refractivity contribution in [1.29, 1.82) is 0 Å². The summed E-state index contributed by atoms with van der Waals surface area (Å²) in [5.41, 5.74) is -0.0209. The number of aromatic nitrogens is 1. The van der Waals surface area contributed by atoms with Crippen LogP contribution in [0.25, 0.3) is 0 Å². The standard InChI is InChI=1S/C12H18N2O5S/c1-3-13-8-10(6-11(13)12(15)16)20(17,18)14-4-5-19-9(2)7-14/h6,8-9H,3-5,7H2,1-2H3,(H,15,16). The van der Waals surface area contributed by atoms with Crippen molar-refractivity contribution in [1.82, 2.24) is 8.87 Å². The van der Waals surface area contributed by atoms with Crippen molar-refractivity contribution in [3.63, 3.8) is 0 Å². The van der Waals surface area contributed by atoms with Crippen LogP contribution in [-0.2, 0) is 21.3 Å². The van der Waals surface area contributed by atoms with E-state index < -0.39 is 16.0 Å². The van der Waals surface area contributed by atoms with E-state index in [0.717, 1.165) is 0 Å². The molecule has 1 unspecified atom stereocenters. The van der Waals surface area contributed by atoms with Gasteiger partial charge in [-0.3, -0.25) is 0 Å². The van der Waals surface area contributed by atoms with Gasteiger partial charge in [-0.2, -0.15) is 4.31 Å². The lowest BCUT2D eigenvalue weighted by Gasteiger charge is -2.29. The molecule has 0 saturated carbocycles. The molecule has 112 valence electrons. The van der Waals surface area contributed by atoms with Gasteiger partial charge in [0.2, 0.25) is 10.0 Å². The molecule has 0 spiro atoms. The highest BCUT2D eigenvalue weighted by molar-refractivity contribution is 7.89. The average molecular weight is 302 g/mol. The van der Waals surface area contributed by atoms with Gasteiger partial charge in [0.05, 0.1) is 12.7 Å². The van der Waals surface area contributed by atoms with Crippen LogP contribution in [0.5, 0.6) is 0 Å². The fourth-order valence-electron chi connectivity index (χ4n) is 2.22. The number of carboxylic acid groups (broad SMARTS) is 1. The van der Waals surface area contributed by atoms with E-state index in [1.54, 1.807) is 6.92 Å². The van der Waals surface area contributed by atoms with Crippen molar-refractivity contribution in [2.45, 2.75) is 31.4 Å². The third kappa shape index (κ3) is 2.72. The van der Waals surface area contributed by atoms with E-state index in [4.69, 9.17) is 9.84 Å². The molecule has 1 aliphatic heterocycles. The Balaban J connectivity index is 2.36. The summed E-state index contributed by atoms with van der Waals surface area (Å²) in [5, 5.41) is 9.08. The number of carboxylic acids is 1. The highest BCUT2D eigenvalue weighted by atomic mass is 32.2. The topological polar surface area (TPSA) is 88.8 Å². The van der Waals surface area contributed by atoms with E-state index in [9.17, 15) is 13.2 Å². The molecule has 20 heavy (non-hydrogen) atoms. The third-order valence-electron chi connectivity index (χ3n) is 3.27. The minimum absolute atomic E-state index is 0.0193. The van der Waals surface area contributed by atoms with Crippen LogP contribution in [0.15, 0.2) is 17.2 Å². The number of nitrogens with zero attached hydrogens (tertiary/aromatic N) is 2. The van der Waals surface area contributed by atoms with Crippen LogP contribution in [0.2, 0.25) is 0 Å². The van der Waals surface area contributed by atoms with E-state index in [-0.39, 0.29) is 29.8 Å². The van der Waals surface area contributed by atoms with Gasteiger partial charge >= 0.3 is 5.97 Å². The fraction of sp³-hybridized carbons (Fsp3) is 0.583. The summed E-state index contributed by atoms with van der Waals surface area (Å²) in [7, 11) is -3.67. The molecule has 0 aliphatic carbocycles. The second kappa shape index (κ2) is 5.55. The minimum Gasteiger partial charge on any atom is -0.477 e. The van der Waals surface area contributed by atoms with Crippen LogP contribution in [0, 0.1) is 0 Å². The molecular weight excluding hydrogens is 284 g/mol. The first-order valence-electron chi connectivity index (χ1n) is 6.41. The van der Waals surface area contributed by atoms with Crippen molar-refractivity contribution in [2.75, 3.05) is 19.7 Å². The zero-order valence-electron chi connectivity index (χ0n) is 11.4. The van der Waals surface area contributed by atoms with Crippen molar-refractivity contribution < 1.29 is 23.1 Å². The molecule has 0 amide bonds. The lowest BCUT2D eigenvalue weighted by Crippen LogP contribution is -2.44. The van der Waals surface area contributed by atoms with Crippen molar-refractivity contribution in [3.8, 4) is 0 Å². The van der Waals surface area contributed by atoms with Crippen LogP contribution < -0.4 is 0 Å². The Bertz CT molecular complexity index is 607. The van der Waals surface area contributed by atoms with Gasteiger partial charge in [-0.1, -0.05) is 0 Å². The second-order valence-corrected chi connectivity index (χ2v) is 6.63. The number of sulfonamides is 1. The third-order valence-corrected chi connectivity index (χ3v) is 5.10. The summed E-state index contributed by atoms with van der Waals surface area (Å²) < 4.78 is 33.1. The highest BCUT2D eigenvalue weighted by Gasteiger charge is 2.31. The SMILES string of the molecule is CCn1cc(S(=O)(=O)N2CCOC(C)C2)cc1C(=O)O. The largest absolute Gasteiger partial charge is 0.477 e. The minimum atomic E-state index is -3.67. The van der Waals surface area contributed by atoms with Gasteiger partial charge in [0, 0.05) is 25.8 Å². The van der Waals surface area contributed by atoms with Crippen LogP contribution in [0.4, 0.5) is 0 Å². The van der Waals surface area contributed by atoms with E-state index in [1.807, 2.05) is 6.92 Å². The predicted molar refractivity (Wildman–Crippen MR) is 71.2 cm³/mol. The van der Waals surface area contributed by atoms with Crippen molar-refractivity contribution >= 4 is 16.0 Å². The number of aryl methyl sites for hydroxylation is 1. The van der Waals surface area contributed by atoms with Crippen molar-refractivity contribution in [3.05, 3.63) is 18.0 Å². The molecule has 1 atom stereocenters. The molecule has 1 fully saturated rings. The molecule has 8 heteroatoms. The maximum atomic E-state index is 12.5. The molecule has 2 heterocycles. The Morgan fingerprint density at radius 1 is 1.55 bits per heavy atom. The first-order valence-corrected chi connectivity index (χ1v) is 7.85. The first kappa shape index (κ1) is 15.0. The average Bonchev–Trinajstić information content (AvgIpc) is 2.83. The molecule has 2 rings (SSSR count). The second-order valence-electron chi connectivity index (χ2n) is 4.70. The first-order chi connectivity index (χ1) is 9.36. The zero-order valence-corrected chi connectivity index (χ0v) is 12.3. The number of carbonyl (C=O) groups is 1. The van der Waals surface area contributed by atoms with Gasteiger partial charge in [-0.25, -0.2) is 13.2 Å². The molecule has 7 nitrogen and oxygen atoms in total. The molecule has 1 aliphatic rings. The van der Waals surface area contributed by atoms with Gasteiger partial charge in [-0.15, -0.1) is 0 Å². The number of hydrogen-bond acceptors (Lipinski definition) is 4. The molecule has 1 N–H and O–H groups in total. The van der Waals surface area contributed by atoms with E-state index in [2.05, 4.69) is 0 Å². The predicted octanol–water partition coefficient (Wildman–Crippen LogP) is 0.616. The number of aromatic carboxylic acids is 1. The highest BCUT2D eigenvalue weighted by Crippen LogP contribution is 2.21. The zero-order chi connectivity index (χ0) is 14.9. The van der Waals surface area contributed by atoms with Gasteiger partial charge < -0.3 is 14.4 Å². The monoisotopic (exact) mass is 302 g/mol. The lowest BCUT2D eigenvalue weighted by atomic mass is 10.3. The fourth-order valence-corrected chi connectivity index (χ4v) is 3.76. The summed E-state index contributed by atoms with van der Waals surface area (Å²) >= 11 is 0. The number of hydrogen-bond donors (Lipinski definition) is 1. The van der Waals surface area contributed by atoms with Gasteiger partial charge in [0.15, 0.2) is 0 Å². The van der Waals surface area contributed by atoms with Crippen LogP contribution >= 0.6 is 0 Å². The molecule has 1 aromatic rings. The molecular formula is C12H18N2O5S. The van der Waals surface area contributed by atoms with Crippen LogP contribution in [0.3, 0.4) is 0 Å².